The summed E-state index contributed by atoms with van der Waals surface area (Å²) >= 11 is 3.35. The molecule has 0 fully saturated rings. The van der Waals surface area contributed by atoms with Gasteiger partial charge in [-0.15, -0.1) is 0 Å². The summed E-state index contributed by atoms with van der Waals surface area (Å²) in [7, 11) is 0. The molecule has 1 N–H and O–H groups in total. The van der Waals surface area contributed by atoms with E-state index in [1.54, 1.807) is 0 Å². The second-order valence-corrected chi connectivity index (χ2v) is 2.80. The van der Waals surface area contributed by atoms with Crippen LogP contribution in [0.1, 0.15) is 12.1 Å². The zero-order valence-electron chi connectivity index (χ0n) is 5.68. The van der Waals surface area contributed by atoms with E-state index in [0.29, 0.717) is 0 Å². The molecule has 0 spiro atoms. The molecule has 1 aromatic heterocycles. The average Bonchev–Trinajstić information content (AvgIpc) is 2.41. The minimum absolute atomic E-state index is 1.03. The van der Waals surface area contributed by atoms with Crippen molar-refractivity contribution in [3.63, 3.8) is 0 Å². The van der Waals surface area contributed by atoms with Gasteiger partial charge < -0.3 is 4.98 Å². The van der Waals surface area contributed by atoms with Gasteiger partial charge in [0.25, 0.3) is 0 Å². The van der Waals surface area contributed by atoms with Crippen molar-refractivity contribution in [1.29, 1.82) is 0 Å². The van der Waals surface area contributed by atoms with E-state index in [0.717, 1.165) is 11.8 Å². The Hall–Kier alpha value is -0.500. The van der Waals surface area contributed by atoms with Crippen LogP contribution in [0.15, 0.2) is 24.4 Å². The Morgan fingerprint density at radius 1 is 1.60 bits per heavy atom. The van der Waals surface area contributed by atoms with Crippen molar-refractivity contribution in [3.8, 4) is 0 Å². The predicted octanol–water partition coefficient (Wildman–Crippen LogP) is 2.81. The smallest absolute Gasteiger partial charge is 0.0377 e. The molecule has 0 saturated carbocycles. The molecule has 0 aliphatic rings. The maximum Gasteiger partial charge on any atom is 0.0377 e. The maximum absolute atomic E-state index is 3.35. The first kappa shape index (κ1) is 7.61. The lowest BCUT2D eigenvalue weighted by atomic mass is 10.3. The molecule has 54 valence electrons. The molecular weight excluding hydrogens is 190 g/mol. The molecule has 2 heteroatoms. The van der Waals surface area contributed by atoms with Crippen molar-refractivity contribution >= 4 is 22.0 Å². The monoisotopic (exact) mass is 199 g/mol. The summed E-state index contributed by atoms with van der Waals surface area (Å²) in [5.74, 6) is 0. The molecule has 0 aromatic carbocycles. The van der Waals surface area contributed by atoms with Crippen LogP contribution in [0.3, 0.4) is 0 Å². The molecule has 10 heavy (non-hydrogen) atoms. The topological polar surface area (TPSA) is 15.8 Å². The third kappa shape index (κ3) is 2.40. The van der Waals surface area contributed by atoms with Gasteiger partial charge in [-0.05, 0) is 24.6 Å². The number of aromatic nitrogens is 1. The van der Waals surface area contributed by atoms with Gasteiger partial charge in [0, 0.05) is 17.2 Å². The molecule has 1 aromatic rings. The third-order valence-electron chi connectivity index (χ3n) is 1.20. The molecule has 1 heterocycles. The second-order valence-electron chi connectivity index (χ2n) is 2.01. The van der Waals surface area contributed by atoms with E-state index in [-0.39, 0.29) is 0 Å². The quantitative estimate of drug-likeness (QED) is 0.722. The van der Waals surface area contributed by atoms with Crippen LogP contribution in [-0.2, 0) is 0 Å². The van der Waals surface area contributed by atoms with Gasteiger partial charge in [-0.25, -0.2) is 0 Å². The van der Waals surface area contributed by atoms with Crippen LogP contribution in [0.25, 0.3) is 6.08 Å². The molecule has 0 atom stereocenters. The highest BCUT2D eigenvalue weighted by Crippen LogP contribution is 1.99. The Kier molecular flexibility index (Phi) is 3.30. The van der Waals surface area contributed by atoms with Crippen LogP contribution < -0.4 is 0 Å². The number of rotatable bonds is 3. The number of aromatic amines is 1. The minimum atomic E-state index is 1.03. The fourth-order valence-electron chi connectivity index (χ4n) is 0.721. The zero-order valence-corrected chi connectivity index (χ0v) is 7.26. The lowest BCUT2D eigenvalue weighted by molar-refractivity contribution is 1.26. The Balaban J connectivity index is 2.40. The van der Waals surface area contributed by atoms with Crippen molar-refractivity contribution in [2.75, 3.05) is 5.33 Å². The normalized spacial score (nSPS) is 10.9. The standard InChI is InChI=1S/C8H10BrN/c9-6-2-1-4-8-5-3-7-10-8/h1,3-5,7,10H,2,6H2. The molecular formula is C8H10BrN. The Morgan fingerprint density at radius 3 is 3.10 bits per heavy atom. The van der Waals surface area contributed by atoms with Gasteiger partial charge in [0.15, 0.2) is 0 Å². The lowest BCUT2D eigenvalue weighted by Crippen LogP contribution is -1.68. The van der Waals surface area contributed by atoms with E-state index in [9.17, 15) is 0 Å². The first-order chi connectivity index (χ1) is 4.93. The van der Waals surface area contributed by atoms with Crippen LogP contribution in [0, 0.1) is 0 Å². The van der Waals surface area contributed by atoms with E-state index in [1.807, 2.05) is 18.3 Å². The highest BCUT2D eigenvalue weighted by Gasteiger charge is 1.81. The van der Waals surface area contributed by atoms with Crippen LogP contribution in [-0.4, -0.2) is 10.3 Å². The van der Waals surface area contributed by atoms with Gasteiger partial charge in [0.2, 0.25) is 0 Å². The number of H-pyrrole nitrogens is 1. The number of halogens is 1. The van der Waals surface area contributed by atoms with Crippen molar-refractivity contribution in [1.82, 2.24) is 4.98 Å². The number of hydrogen-bond acceptors (Lipinski definition) is 0. The van der Waals surface area contributed by atoms with Gasteiger partial charge >= 0.3 is 0 Å². The first-order valence-electron chi connectivity index (χ1n) is 3.29. The summed E-state index contributed by atoms with van der Waals surface area (Å²) in [6.07, 6.45) is 7.23. The maximum atomic E-state index is 3.35. The SMILES string of the molecule is BrCCC=Cc1ccc[nH]1. The van der Waals surface area contributed by atoms with E-state index in [1.165, 1.54) is 5.69 Å². The average molecular weight is 200 g/mol. The van der Waals surface area contributed by atoms with E-state index in [4.69, 9.17) is 0 Å². The molecule has 0 bridgehead atoms. The highest BCUT2D eigenvalue weighted by molar-refractivity contribution is 9.09. The predicted molar refractivity (Wildman–Crippen MR) is 48.2 cm³/mol. The highest BCUT2D eigenvalue weighted by atomic mass is 79.9. The Morgan fingerprint density at radius 2 is 2.50 bits per heavy atom. The molecule has 0 amide bonds. The summed E-state index contributed by atoms with van der Waals surface area (Å²) in [4.78, 5) is 3.09. The number of allylic oxidation sites excluding steroid dienone is 1. The largest absolute Gasteiger partial charge is 0.362 e. The van der Waals surface area contributed by atoms with E-state index >= 15 is 0 Å². The molecule has 0 radical (unpaired) electrons. The van der Waals surface area contributed by atoms with Crippen LogP contribution >= 0.6 is 15.9 Å². The molecule has 0 aliphatic heterocycles. The van der Waals surface area contributed by atoms with Crippen molar-refractivity contribution in [3.05, 3.63) is 30.1 Å². The number of hydrogen-bond donors (Lipinski definition) is 1. The van der Waals surface area contributed by atoms with Gasteiger partial charge in [-0.3, -0.25) is 0 Å². The lowest BCUT2D eigenvalue weighted by Gasteiger charge is -1.83. The van der Waals surface area contributed by atoms with Gasteiger partial charge in [-0.2, -0.15) is 0 Å². The summed E-state index contributed by atoms with van der Waals surface area (Å²) < 4.78 is 0. The molecule has 1 rings (SSSR count). The Bertz CT molecular complexity index is 189. The molecule has 0 saturated heterocycles. The summed E-state index contributed by atoms with van der Waals surface area (Å²) in [5.41, 5.74) is 1.17. The van der Waals surface area contributed by atoms with Gasteiger partial charge in [0.1, 0.15) is 0 Å². The fourth-order valence-corrected chi connectivity index (χ4v) is 0.986. The second kappa shape index (κ2) is 4.34. The summed E-state index contributed by atoms with van der Waals surface area (Å²) in [6.45, 7) is 0. The van der Waals surface area contributed by atoms with Crippen LogP contribution in [0.4, 0.5) is 0 Å². The van der Waals surface area contributed by atoms with E-state index in [2.05, 4.69) is 33.1 Å². The molecule has 1 nitrogen and oxygen atoms in total. The first-order valence-corrected chi connectivity index (χ1v) is 4.41. The van der Waals surface area contributed by atoms with E-state index < -0.39 is 0 Å². The van der Waals surface area contributed by atoms with Gasteiger partial charge in [-0.1, -0.05) is 22.0 Å². The minimum Gasteiger partial charge on any atom is -0.362 e. The summed E-state index contributed by atoms with van der Waals surface area (Å²) in [6, 6.07) is 4.04. The number of nitrogens with one attached hydrogen (secondary N) is 1. The van der Waals surface area contributed by atoms with Crippen molar-refractivity contribution in [2.45, 2.75) is 6.42 Å². The third-order valence-corrected chi connectivity index (χ3v) is 1.65. The molecule has 0 aliphatic carbocycles. The summed E-state index contributed by atoms with van der Waals surface area (Å²) in [5, 5.41) is 1.03. The van der Waals surface area contributed by atoms with Gasteiger partial charge in [0.05, 0.1) is 0 Å². The Labute approximate surface area is 69.3 Å². The van der Waals surface area contributed by atoms with Crippen LogP contribution in [0.2, 0.25) is 0 Å². The fraction of sp³-hybridized carbons (Fsp3) is 0.250. The van der Waals surface area contributed by atoms with Crippen molar-refractivity contribution in [2.24, 2.45) is 0 Å². The number of alkyl halides is 1. The zero-order chi connectivity index (χ0) is 7.23. The van der Waals surface area contributed by atoms with Crippen LogP contribution in [0.5, 0.6) is 0 Å². The molecule has 0 unspecified atom stereocenters. The van der Waals surface area contributed by atoms with Crippen molar-refractivity contribution < 1.29 is 0 Å².